The zero-order valence-electron chi connectivity index (χ0n) is 15.8. The predicted molar refractivity (Wildman–Crippen MR) is 102 cm³/mol. The fourth-order valence-electron chi connectivity index (χ4n) is 3.09. The van der Waals surface area contributed by atoms with E-state index in [-0.39, 0.29) is 0 Å². The van der Waals surface area contributed by atoms with Crippen LogP contribution in [0.1, 0.15) is 42.9 Å². The van der Waals surface area contributed by atoms with Crippen LogP contribution in [0.4, 0.5) is 0 Å². The fraction of sp³-hybridized carbons (Fsp3) is 0.526. The van der Waals surface area contributed by atoms with E-state index < -0.39 is 0 Å². The minimum Gasteiger partial charge on any atom is -0.497 e. The number of aromatic nitrogens is 3. The van der Waals surface area contributed by atoms with Crippen molar-refractivity contribution in [3.8, 4) is 5.75 Å². The molecule has 2 aromatic rings. The Hall–Kier alpha value is -2.57. The second-order valence-electron chi connectivity index (χ2n) is 6.71. The maximum Gasteiger partial charge on any atom is 0.192 e. The quantitative estimate of drug-likeness (QED) is 0.614. The summed E-state index contributed by atoms with van der Waals surface area (Å²) in [6.45, 7) is 3.16. The van der Waals surface area contributed by atoms with Gasteiger partial charge in [0.1, 0.15) is 11.6 Å². The number of nitrogens with zero attached hydrogens (tertiary/aromatic N) is 4. The van der Waals surface area contributed by atoms with E-state index >= 15 is 0 Å². The summed E-state index contributed by atoms with van der Waals surface area (Å²) >= 11 is 0. The van der Waals surface area contributed by atoms with Gasteiger partial charge in [0.2, 0.25) is 0 Å². The molecule has 7 heteroatoms. The third-order valence-electron chi connectivity index (χ3n) is 4.87. The average molecular weight is 356 g/mol. The molecule has 1 aliphatic carbocycles. The van der Waals surface area contributed by atoms with Crippen LogP contribution in [0, 0.1) is 6.92 Å². The van der Waals surface area contributed by atoms with Crippen LogP contribution in [0.5, 0.6) is 5.75 Å². The Morgan fingerprint density at radius 3 is 2.58 bits per heavy atom. The molecule has 0 aliphatic heterocycles. The van der Waals surface area contributed by atoms with E-state index in [9.17, 15) is 0 Å². The third-order valence-corrected chi connectivity index (χ3v) is 4.87. The molecule has 7 nitrogen and oxygen atoms in total. The fourth-order valence-corrected chi connectivity index (χ4v) is 3.09. The van der Waals surface area contributed by atoms with Crippen molar-refractivity contribution in [1.82, 2.24) is 25.4 Å². The van der Waals surface area contributed by atoms with Gasteiger partial charge in [0.15, 0.2) is 11.8 Å². The molecule has 3 rings (SSSR count). The largest absolute Gasteiger partial charge is 0.497 e. The summed E-state index contributed by atoms with van der Waals surface area (Å²) in [5.41, 5.74) is 1.15. The van der Waals surface area contributed by atoms with Crippen molar-refractivity contribution in [2.45, 2.75) is 51.7 Å². The van der Waals surface area contributed by atoms with E-state index in [0.29, 0.717) is 19.1 Å². The number of rotatable bonds is 6. The molecular weight excluding hydrogens is 328 g/mol. The lowest BCUT2D eigenvalue weighted by molar-refractivity contribution is 0.414. The molecule has 0 radical (unpaired) electrons. The van der Waals surface area contributed by atoms with Crippen LogP contribution in [0.25, 0.3) is 0 Å². The lowest BCUT2D eigenvalue weighted by Gasteiger charge is -2.17. The van der Waals surface area contributed by atoms with E-state index in [1.165, 1.54) is 25.7 Å². The Morgan fingerprint density at radius 2 is 1.96 bits per heavy atom. The molecule has 0 spiro atoms. The first-order valence-corrected chi connectivity index (χ1v) is 9.18. The van der Waals surface area contributed by atoms with Gasteiger partial charge in [-0.3, -0.25) is 0 Å². The second-order valence-corrected chi connectivity index (χ2v) is 6.71. The van der Waals surface area contributed by atoms with Crippen molar-refractivity contribution in [3.63, 3.8) is 0 Å². The first-order valence-electron chi connectivity index (χ1n) is 9.18. The highest BCUT2D eigenvalue weighted by Gasteiger charge is 2.16. The van der Waals surface area contributed by atoms with E-state index in [0.717, 1.165) is 28.9 Å². The molecule has 1 aromatic heterocycles. The summed E-state index contributed by atoms with van der Waals surface area (Å²) in [6, 6.07) is 8.51. The van der Waals surface area contributed by atoms with Crippen molar-refractivity contribution >= 4 is 5.96 Å². The molecule has 0 bridgehead atoms. The molecule has 2 N–H and O–H groups in total. The Kier molecular flexibility index (Phi) is 6.09. The highest BCUT2D eigenvalue weighted by Crippen LogP contribution is 2.17. The van der Waals surface area contributed by atoms with E-state index in [1.807, 2.05) is 42.8 Å². The second kappa shape index (κ2) is 8.69. The van der Waals surface area contributed by atoms with E-state index in [1.54, 1.807) is 7.11 Å². The van der Waals surface area contributed by atoms with Crippen molar-refractivity contribution in [2.24, 2.45) is 12.0 Å². The molecule has 0 unspecified atom stereocenters. The van der Waals surface area contributed by atoms with Crippen molar-refractivity contribution < 1.29 is 4.74 Å². The summed E-state index contributed by atoms with van der Waals surface area (Å²) in [5, 5.41) is 15.3. The van der Waals surface area contributed by atoms with Crippen molar-refractivity contribution in [2.75, 3.05) is 7.11 Å². The smallest absolute Gasteiger partial charge is 0.192 e. The van der Waals surface area contributed by atoms with Gasteiger partial charge in [-0.15, -0.1) is 10.2 Å². The summed E-state index contributed by atoms with van der Waals surface area (Å²) in [7, 11) is 3.65. The average Bonchev–Trinajstić information content (AvgIpc) is 3.29. The van der Waals surface area contributed by atoms with Gasteiger partial charge in [0.25, 0.3) is 0 Å². The number of hydrogen-bond acceptors (Lipinski definition) is 4. The first-order chi connectivity index (χ1) is 12.7. The Balaban J connectivity index is 1.65. The van der Waals surface area contributed by atoms with Gasteiger partial charge in [0, 0.05) is 13.1 Å². The normalized spacial score (nSPS) is 15.3. The highest BCUT2D eigenvalue weighted by atomic mass is 16.5. The minimum atomic E-state index is 0.498. The maximum atomic E-state index is 5.21. The molecule has 1 aromatic carbocycles. The zero-order chi connectivity index (χ0) is 18.4. The topological polar surface area (TPSA) is 76.4 Å². The Morgan fingerprint density at radius 1 is 1.23 bits per heavy atom. The molecule has 140 valence electrons. The molecule has 0 saturated heterocycles. The van der Waals surface area contributed by atoms with Crippen LogP contribution >= 0.6 is 0 Å². The standard InChI is InChI=1S/C19H28N6O/c1-14-23-24-18(25(14)2)13-21-19(22-16-6-4-5-7-16)20-12-15-8-10-17(26-3)11-9-15/h8-11,16H,4-7,12-13H2,1-3H3,(H2,20,21,22). The van der Waals surface area contributed by atoms with Gasteiger partial charge < -0.3 is 19.9 Å². The summed E-state index contributed by atoms with van der Waals surface area (Å²) < 4.78 is 7.20. The van der Waals surface area contributed by atoms with Gasteiger partial charge in [-0.25, -0.2) is 4.99 Å². The lowest BCUT2D eigenvalue weighted by Crippen LogP contribution is -2.42. The third kappa shape index (κ3) is 4.74. The number of guanidine groups is 1. The summed E-state index contributed by atoms with van der Waals surface area (Å²) in [5.74, 6) is 3.49. The van der Waals surface area contributed by atoms with Crippen LogP contribution in [0.3, 0.4) is 0 Å². The van der Waals surface area contributed by atoms with Gasteiger partial charge in [-0.2, -0.15) is 0 Å². The molecule has 0 atom stereocenters. The van der Waals surface area contributed by atoms with Crippen LogP contribution < -0.4 is 15.4 Å². The van der Waals surface area contributed by atoms with E-state index in [4.69, 9.17) is 9.73 Å². The molecule has 0 amide bonds. The molecule has 1 saturated carbocycles. The van der Waals surface area contributed by atoms with Crippen LogP contribution in [0.2, 0.25) is 0 Å². The molecular formula is C19H28N6O. The van der Waals surface area contributed by atoms with E-state index in [2.05, 4.69) is 20.8 Å². The number of nitrogens with one attached hydrogen (secondary N) is 2. The summed E-state index contributed by atoms with van der Waals surface area (Å²) in [4.78, 5) is 4.76. The number of aliphatic imine (C=N–C) groups is 1. The first kappa shape index (κ1) is 18.2. The van der Waals surface area contributed by atoms with Gasteiger partial charge in [0.05, 0.1) is 20.2 Å². The Labute approximate surface area is 154 Å². The van der Waals surface area contributed by atoms with Crippen LogP contribution in [0.15, 0.2) is 29.3 Å². The lowest BCUT2D eigenvalue weighted by atomic mass is 10.2. The molecule has 1 fully saturated rings. The highest BCUT2D eigenvalue weighted by molar-refractivity contribution is 5.80. The SMILES string of the molecule is COc1ccc(CN=C(NCc2nnc(C)n2C)NC2CCCC2)cc1. The van der Waals surface area contributed by atoms with Crippen molar-refractivity contribution in [3.05, 3.63) is 41.5 Å². The number of benzene rings is 1. The Bertz CT molecular complexity index is 731. The predicted octanol–water partition coefficient (Wildman–Crippen LogP) is 2.31. The number of methoxy groups -OCH3 is 1. The van der Waals surface area contributed by atoms with Gasteiger partial charge >= 0.3 is 0 Å². The molecule has 26 heavy (non-hydrogen) atoms. The van der Waals surface area contributed by atoms with Crippen LogP contribution in [-0.2, 0) is 20.1 Å². The maximum absolute atomic E-state index is 5.21. The van der Waals surface area contributed by atoms with Gasteiger partial charge in [-0.05, 0) is 37.5 Å². The van der Waals surface area contributed by atoms with Crippen LogP contribution in [-0.4, -0.2) is 33.9 Å². The number of hydrogen-bond donors (Lipinski definition) is 2. The molecule has 1 aliphatic rings. The molecule has 1 heterocycles. The van der Waals surface area contributed by atoms with Gasteiger partial charge in [-0.1, -0.05) is 25.0 Å². The minimum absolute atomic E-state index is 0.498. The zero-order valence-corrected chi connectivity index (χ0v) is 15.8. The number of ether oxygens (including phenoxy) is 1. The number of aryl methyl sites for hydroxylation is 1. The van der Waals surface area contributed by atoms with Crippen molar-refractivity contribution in [1.29, 1.82) is 0 Å². The monoisotopic (exact) mass is 356 g/mol. The summed E-state index contributed by atoms with van der Waals surface area (Å²) in [6.07, 6.45) is 4.97.